The fraction of sp³-hybridized carbons (Fsp3) is 0.240. The van der Waals surface area contributed by atoms with Gasteiger partial charge in [0.2, 0.25) is 15.9 Å². The highest BCUT2D eigenvalue weighted by Crippen LogP contribution is 2.34. The number of benzene rings is 3. The Hall–Kier alpha value is -3.44. The molecule has 0 aliphatic rings. The van der Waals surface area contributed by atoms with E-state index in [0.717, 1.165) is 40.7 Å². The Balaban J connectivity index is 1.72. The summed E-state index contributed by atoms with van der Waals surface area (Å²) in [7, 11) is -2.57. The highest BCUT2D eigenvalue weighted by atomic mass is 32.2. The van der Waals surface area contributed by atoms with Crippen molar-refractivity contribution in [3.05, 3.63) is 83.7 Å². The van der Waals surface area contributed by atoms with Crippen LogP contribution in [0.2, 0.25) is 0 Å². The number of hydrogen-bond acceptors (Lipinski definition) is 4. The van der Waals surface area contributed by atoms with Crippen LogP contribution in [0.5, 0.6) is 5.75 Å². The Morgan fingerprint density at radius 1 is 1.00 bits per heavy atom. The van der Waals surface area contributed by atoms with Crippen molar-refractivity contribution in [3.8, 4) is 16.9 Å². The Labute approximate surface area is 206 Å². The molecule has 0 aliphatic carbocycles. The molecule has 0 aromatic heterocycles. The lowest BCUT2D eigenvalue weighted by Crippen LogP contribution is -2.40. The van der Waals surface area contributed by atoms with E-state index in [2.05, 4.69) is 5.32 Å². The summed E-state index contributed by atoms with van der Waals surface area (Å²) < 4.78 is 83.7. The molecule has 0 saturated carbocycles. The number of hydrogen-bond donors (Lipinski definition) is 1. The van der Waals surface area contributed by atoms with E-state index in [4.69, 9.17) is 4.74 Å². The molecule has 0 spiro atoms. The van der Waals surface area contributed by atoms with Crippen molar-refractivity contribution in [1.29, 1.82) is 0 Å². The molecule has 1 amide bonds. The van der Waals surface area contributed by atoms with Gasteiger partial charge in [-0.05, 0) is 59.7 Å². The van der Waals surface area contributed by atoms with E-state index in [9.17, 15) is 30.8 Å². The number of methoxy groups -OCH3 is 1. The molecular weight excluding hydrogens is 500 g/mol. The lowest BCUT2D eigenvalue weighted by molar-refractivity contribution is -0.137. The molecule has 36 heavy (non-hydrogen) atoms. The average molecular weight is 525 g/mol. The van der Waals surface area contributed by atoms with Crippen LogP contribution in [0.15, 0.2) is 71.6 Å². The van der Waals surface area contributed by atoms with Crippen molar-refractivity contribution < 1.29 is 35.5 Å². The van der Waals surface area contributed by atoms with Crippen molar-refractivity contribution >= 4 is 15.9 Å². The summed E-state index contributed by atoms with van der Waals surface area (Å²) >= 11 is 0. The first-order valence-electron chi connectivity index (χ1n) is 10.8. The number of likely N-dealkylation sites (N-methyl/N-ethyl adjacent to an activating group) is 1. The second-order valence-electron chi connectivity index (χ2n) is 7.77. The zero-order valence-corrected chi connectivity index (χ0v) is 20.3. The zero-order valence-electron chi connectivity index (χ0n) is 19.5. The van der Waals surface area contributed by atoms with E-state index >= 15 is 0 Å². The van der Waals surface area contributed by atoms with Gasteiger partial charge in [-0.3, -0.25) is 4.79 Å². The van der Waals surface area contributed by atoms with Crippen molar-refractivity contribution in [2.24, 2.45) is 0 Å². The summed E-state index contributed by atoms with van der Waals surface area (Å²) in [4.78, 5) is 12.4. The third-order valence-electron chi connectivity index (χ3n) is 5.40. The highest BCUT2D eigenvalue weighted by molar-refractivity contribution is 7.89. The summed E-state index contributed by atoms with van der Waals surface area (Å²) in [5, 5.41) is 2.65. The van der Waals surface area contributed by atoms with Gasteiger partial charge in [0.05, 0.1) is 24.1 Å². The molecule has 0 aliphatic heterocycles. The van der Waals surface area contributed by atoms with E-state index in [0.29, 0.717) is 22.4 Å². The number of carbonyl (C=O) groups is 1. The lowest BCUT2D eigenvalue weighted by atomic mass is 10.0. The minimum atomic E-state index is -4.45. The van der Waals surface area contributed by atoms with Gasteiger partial charge < -0.3 is 10.1 Å². The maximum Gasteiger partial charge on any atom is 0.416 e. The largest absolute Gasteiger partial charge is 0.496 e. The van der Waals surface area contributed by atoms with Crippen LogP contribution in [0.25, 0.3) is 11.1 Å². The van der Waals surface area contributed by atoms with E-state index < -0.39 is 40.0 Å². The number of carbonyl (C=O) groups excluding carboxylic acids is 1. The van der Waals surface area contributed by atoms with Crippen LogP contribution in [0.3, 0.4) is 0 Å². The number of sulfonamides is 1. The predicted molar refractivity (Wildman–Crippen MR) is 126 cm³/mol. The predicted octanol–water partition coefficient (Wildman–Crippen LogP) is 4.85. The first-order valence-corrected chi connectivity index (χ1v) is 12.3. The molecule has 0 fully saturated rings. The van der Waals surface area contributed by atoms with Crippen LogP contribution in [0.1, 0.15) is 18.1 Å². The van der Waals surface area contributed by atoms with Crippen LogP contribution >= 0.6 is 0 Å². The van der Waals surface area contributed by atoms with E-state index in [-0.39, 0.29) is 18.0 Å². The molecule has 0 heterocycles. The van der Waals surface area contributed by atoms with Gasteiger partial charge in [0.15, 0.2) is 0 Å². The molecule has 0 bridgehead atoms. The smallest absolute Gasteiger partial charge is 0.416 e. The van der Waals surface area contributed by atoms with Gasteiger partial charge in [-0.1, -0.05) is 25.1 Å². The van der Waals surface area contributed by atoms with E-state index in [1.54, 1.807) is 25.1 Å². The van der Waals surface area contributed by atoms with E-state index in [1.165, 1.54) is 19.2 Å². The molecule has 3 aromatic rings. The minimum Gasteiger partial charge on any atom is -0.496 e. The number of halogens is 4. The molecule has 0 radical (unpaired) electrons. The molecule has 1 N–H and O–H groups in total. The number of amides is 1. The molecule has 0 atom stereocenters. The minimum absolute atomic E-state index is 0.0216. The van der Waals surface area contributed by atoms with E-state index in [1.807, 2.05) is 0 Å². The zero-order chi connectivity index (χ0) is 26.5. The summed E-state index contributed by atoms with van der Waals surface area (Å²) in [5.74, 6) is -0.702. The molecule has 192 valence electrons. The molecular formula is C25H24F4N2O4S. The number of rotatable bonds is 9. The van der Waals surface area contributed by atoms with Crippen LogP contribution in [-0.2, 0) is 27.5 Å². The molecule has 0 saturated heterocycles. The maximum absolute atomic E-state index is 13.2. The normalized spacial score (nSPS) is 12.0. The topological polar surface area (TPSA) is 75.7 Å². The summed E-state index contributed by atoms with van der Waals surface area (Å²) in [6.07, 6.45) is -4.45. The van der Waals surface area contributed by atoms with Crippen molar-refractivity contribution in [1.82, 2.24) is 9.62 Å². The second kappa shape index (κ2) is 11.1. The van der Waals surface area contributed by atoms with Gasteiger partial charge in [0.25, 0.3) is 0 Å². The standard InChI is InChI=1S/C25H24F4N2O4S/c1-3-31(36(33,34)21-11-9-20(26)10-12-21)16-24(32)30-15-17-4-13-23(35-2)22(14-17)18-5-7-19(8-6-18)25(27,28)29/h4-14H,3,15-16H2,1-2H3,(H,30,32). The first kappa shape index (κ1) is 27.2. The van der Waals surface area contributed by atoms with Gasteiger partial charge in [0, 0.05) is 18.7 Å². The second-order valence-corrected chi connectivity index (χ2v) is 9.71. The summed E-state index contributed by atoms with van der Waals surface area (Å²) in [5.41, 5.74) is 0.885. The summed E-state index contributed by atoms with van der Waals surface area (Å²) in [6, 6.07) is 13.9. The van der Waals surface area contributed by atoms with Gasteiger partial charge >= 0.3 is 6.18 Å². The fourth-order valence-electron chi connectivity index (χ4n) is 3.47. The Bertz CT molecular complexity index is 1310. The van der Waals surface area contributed by atoms with Crippen molar-refractivity contribution in [3.63, 3.8) is 0 Å². The fourth-order valence-corrected chi connectivity index (χ4v) is 4.87. The maximum atomic E-state index is 13.2. The quantitative estimate of drug-likeness (QED) is 0.406. The van der Waals surface area contributed by atoms with Crippen LogP contribution in [0.4, 0.5) is 17.6 Å². The molecule has 0 unspecified atom stereocenters. The molecule has 6 nitrogen and oxygen atoms in total. The third-order valence-corrected chi connectivity index (χ3v) is 7.34. The van der Waals surface area contributed by atoms with Gasteiger partial charge in [-0.25, -0.2) is 12.8 Å². The van der Waals surface area contributed by atoms with Gasteiger partial charge in [0.1, 0.15) is 11.6 Å². The van der Waals surface area contributed by atoms with Gasteiger partial charge in [-0.2, -0.15) is 17.5 Å². The SMILES string of the molecule is CCN(CC(=O)NCc1ccc(OC)c(-c2ccc(C(F)(F)F)cc2)c1)S(=O)(=O)c1ccc(F)cc1. The Kier molecular flexibility index (Phi) is 8.36. The number of nitrogens with one attached hydrogen (secondary N) is 1. The van der Waals surface area contributed by atoms with Crippen molar-refractivity contribution in [2.75, 3.05) is 20.2 Å². The number of ether oxygens (including phenoxy) is 1. The Morgan fingerprint density at radius 2 is 1.64 bits per heavy atom. The highest BCUT2D eigenvalue weighted by Gasteiger charge is 2.30. The molecule has 3 rings (SSSR count). The lowest BCUT2D eigenvalue weighted by Gasteiger charge is -2.20. The Morgan fingerprint density at radius 3 is 2.19 bits per heavy atom. The number of nitrogens with zero attached hydrogens (tertiary/aromatic N) is 1. The first-order chi connectivity index (χ1) is 17.0. The third kappa shape index (κ3) is 6.41. The van der Waals surface area contributed by atoms with Crippen molar-refractivity contribution in [2.45, 2.75) is 24.5 Å². The number of alkyl halides is 3. The van der Waals surface area contributed by atoms with Crippen LogP contribution < -0.4 is 10.1 Å². The van der Waals surface area contributed by atoms with Gasteiger partial charge in [-0.15, -0.1) is 0 Å². The van der Waals surface area contributed by atoms with Crippen LogP contribution in [-0.4, -0.2) is 38.8 Å². The molecule has 11 heteroatoms. The summed E-state index contributed by atoms with van der Waals surface area (Å²) in [6.45, 7) is 1.20. The average Bonchev–Trinajstić information content (AvgIpc) is 2.85. The molecule has 3 aromatic carbocycles. The van der Waals surface area contributed by atoms with Crippen LogP contribution in [0, 0.1) is 5.82 Å². The monoisotopic (exact) mass is 524 g/mol.